The van der Waals surface area contributed by atoms with Gasteiger partial charge >= 0.3 is 0 Å². The first-order valence-electron chi connectivity index (χ1n) is 6.75. The lowest BCUT2D eigenvalue weighted by Gasteiger charge is -2.13. The molecule has 1 rings (SSSR count). The van der Waals surface area contributed by atoms with E-state index in [-0.39, 0.29) is 24.9 Å². The third-order valence-electron chi connectivity index (χ3n) is 2.70. The van der Waals surface area contributed by atoms with E-state index in [1.165, 1.54) is 0 Å². The molecule has 0 aliphatic heterocycles. The molecule has 0 aromatic heterocycles. The van der Waals surface area contributed by atoms with E-state index in [4.69, 9.17) is 23.2 Å². The third kappa shape index (κ3) is 6.80. The molecule has 0 saturated heterocycles. The quantitative estimate of drug-likeness (QED) is 0.696. The molecule has 0 heterocycles. The van der Waals surface area contributed by atoms with E-state index >= 15 is 0 Å². The Hall–Kier alpha value is -1.30. The van der Waals surface area contributed by atoms with Crippen LogP contribution in [0.15, 0.2) is 18.2 Å². The molecule has 116 valence electrons. The number of hydrogen-bond donors (Lipinski definition) is 3. The summed E-state index contributed by atoms with van der Waals surface area (Å²) in [6.45, 7) is 3.09. The Morgan fingerprint density at radius 3 is 2.43 bits per heavy atom. The number of amides is 2. The Labute approximate surface area is 134 Å². The first-order valence-corrected chi connectivity index (χ1v) is 7.51. The van der Waals surface area contributed by atoms with Crippen molar-refractivity contribution in [2.24, 2.45) is 0 Å². The zero-order valence-electron chi connectivity index (χ0n) is 12.1. The molecule has 0 aliphatic rings. The van der Waals surface area contributed by atoms with Gasteiger partial charge in [0.2, 0.25) is 0 Å². The van der Waals surface area contributed by atoms with Gasteiger partial charge in [-0.05, 0) is 24.6 Å². The summed E-state index contributed by atoms with van der Waals surface area (Å²) < 4.78 is 0. The van der Waals surface area contributed by atoms with E-state index < -0.39 is 0 Å². The summed E-state index contributed by atoms with van der Waals surface area (Å²) >= 11 is 11.7. The van der Waals surface area contributed by atoms with Crippen molar-refractivity contribution in [2.75, 3.05) is 32.0 Å². The van der Waals surface area contributed by atoms with Crippen LogP contribution in [0.1, 0.15) is 13.3 Å². The van der Waals surface area contributed by atoms with Crippen molar-refractivity contribution in [1.29, 1.82) is 0 Å². The van der Waals surface area contributed by atoms with Crippen molar-refractivity contribution in [3.8, 4) is 0 Å². The molecular formula is C14H20Cl2N3O2+. The van der Waals surface area contributed by atoms with E-state index in [1.807, 2.05) is 6.92 Å². The number of benzene rings is 1. The molecule has 7 heteroatoms. The summed E-state index contributed by atoms with van der Waals surface area (Å²) in [4.78, 5) is 24.2. The van der Waals surface area contributed by atoms with Gasteiger partial charge in [0.15, 0.2) is 13.1 Å². The first kappa shape index (κ1) is 17.8. The third-order valence-corrected chi connectivity index (χ3v) is 3.44. The van der Waals surface area contributed by atoms with E-state index in [1.54, 1.807) is 25.2 Å². The minimum Gasteiger partial charge on any atom is -0.351 e. The summed E-state index contributed by atoms with van der Waals surface area (Å²) in [7, 11) is 1.79. The number of anilines is 1. The molecule has 5 nitrogen and oxygen atoms in total. The predicted molar refractivity (Wildman–Crippen MR) is 85.0 cm³/mol. The Morgan fingerprint density at radius 1 is 1.14 bits per heavy atom. The Morgan fingerprint density at radius 2 is 1.81 bits per heavy atom. The van der Waals surface area contributed by atoms with Crippen LogP contribution in [-0.4, -0.2) is 38.5 Å². The molecule has 0 radical (unpaired) electrons. The molecule has 0 saturated carbocycles. The lowest BCUT2D eigenvalue weighted by molar-refractivity contribution is -0.862. The fraction of sp³-hybridized carbons (Fsp3) is 0.429. The van der Waals surface area contributed by atoms with Crippen LogP contribution < -0.4 is 15.5 Å². The Balaban J connectivity index is 2.42. The maximum absolute atomic E-state index is 11.9. The SMILES string of the molecule is CCCNC(=O)C[NH+](C)CC(=O)Nc1ccc(Cl)c(Cl)c1. The van der Waals surface area contributed by atoms with Crippen molar-refractivity contribution in [2.45, 2.75) is 13.3 Å². The normalized spacial score (nSPS) is 11.8. The second kappa shape index (κ2) is 8.87. The number of halogens is 2. The van der Waals surface area contributed by atoms with Crippen LogP contribution in [0, 0.1) is 0 Å². The van der Waals surface area contributed by atoms with Gasteiger partial charge < -0.3 is 15.5 Å². The second-order valence-corrected chi connectivity index (χ2v) is 5.65. The van der Waals surface area contributed by atoms with Crippen LogP contribution >= 0.6 is 23.2 Å². The minimum atomic E-state index is -0.186. The molecule has 0 fully saturated rings. The number of quaternary nitrogens is 1. The summed E-state index contributed by atoms with van der Waals surface area (Å²) in [6, 6.07) is 4.88. The minimum absolute atomic E-state index is 0.0586. The molecule has 2 amide bonds. The molecule has 1 aromatic rings. The summed E-state index contributed by atoms with van der Waals surface area (Å²) in [5, 5.41) is 6.32. The highest BCUT2D eigenvalue weighted by Crippen LogP contribution is 2.24. The molecule has 1 atom stereocenters. The van der Waals surface area contributed by atoms with Gasteiger partial charge in [0.25, 0.3) is 11.8 Å². The van der Waals surface area contributed by atoms with Crippen molar-refractivity contribution in [3.05, 3.63) is 28.2 Å². The van der Waals surface area contributed by atoms with Gasteiger partial charge in [0, 0.05) is 12.2 Å². The molecule has 1 aromatic carbocycles. The van der Waals surface area contributed by atoms with E-state index in [0.29, 0.717) is 22.3 Å². The lowest BCUT2D eigenvalue weighted by Crippen LogP contribution is -3.11. The first-order chi connectivity index (χ1) is 9.92. The largest absolute Gasteiger partial charge is 0.351 e. The van der Waals surface area contributed by atoms with Crippen LogP contribution in [0.2, 0.25) is 10.0 Å². The number of hydrogen-bond acceptors (Lipinski definition) is 2. The van der Waals surface area contributed by atoms with Gasteiger partial charge in [0.05, 0.1) is 17.1 Å². The number of carbonyl (C=O) groups excluding carboxylic acids is 2. The van der Waals surface area contributed by atoms with Crippen LogP contribution in [0.3, 0.4) is 0 Å². The lowest BCUT2D eigenvalue weighted by atomic mass is 10.3. The highest BCUT2D eigenvalue weighted by Gasteiger charge is 2.14. The van der Waals surface area contributed by atoms with Gasteiger partial charge in [-0.1, -0.05) is 30.1 Å². The molecule has 0 spiro atoms. The van der Waals surface area contributed by atoms with Crippen LogP contribution in [-0.2, 0) is 9.59 Å². The Kier molecular flexibility index (Phi) is 7.50. The highest BCUT2D eigenvalue weighted by molar-refractivity contribution is 6.42. The van der Waals surface area contributed by atoms with Crippen molar-refractivity contribution in [1.82, 2.24) is 5.32 Å². The molecule has 1 unspecified atom stereocenters. The van der Waals surface area contributed by atoms with Gasteiger partial charge in [-0.2, -0.15) is 0 Å². The maximum atomic E-state index is 11.9. The average molecular weight is 333 g/mol. The fourth-order valence-corrected chi connectivity index (χ4v) is 2.01. The van der Waals surface area contributed by atoms with E-state index in [0.717, 1.165) is 11.3 Å². The van der Waals surface area contributed by atoms with Crippen LogP contribution in [0.25, 0.3) is 0 Å². The van der Waals surface area contributed by atoms with Gasteiger partial charge in [0.1, 0.15) is 0 Å². The molecule has 21 heavy (non-hydrogen) atoms. The zero-order chi connectivity index (χ0) is 15.8. The smallest absolute Gasteiger partial charge is 0.279 e. The topological polar surface area (TPSA) is 62.6 Å². The predicted octanol–water partition coefficient (Wildman–Crippen LogP) is 0.973. The van der Waals surface area contributed by atoms with Crippen molar-refractivity contribution >= 4 is 40.7 Å². The van der Waals surface area contributed by atoms with Crippen molar-refractivity contribution < 1.29 is 14.5 Å². The van der Waals surface area contributed by atoms with Crippen molar-refractivity contribution in [3.63, 3.8) is 0 Å². The van der Waals surface area contributed by atoms with Crippen LogP contribution in [0.4, 0.5) is 5.69 Å². The summed E-state index contributed by atoms with van der Waals surface area (Å²) in [6.07, 6.45) is 0.891. The number of nitrogens with one attached hydrogen (secondary N) is 3. The average Bonchev–Trinajstić information content (AvgIpc) is 2.40. The molecule has 3 N–H and O–H groups in total. The number of rotatable bonds is 7. The van der Waals surface area contributed by atoms with Gasteiger partial charge in [-0.25, -0.2) is 0 Å². The molecule has 0 aliphatic carbocycles. The zero-order valence-corrected chi connectivity index (χ0v) is 13.6. The van der Waals surface area contributed by atoms with Gasteiger partial charge in [-0.3, -0.25) is 9.59 Å². The maximum Gasteiger partial charge on any atom is 0.279 e. The van der Waals surface area contributed by atoms with Crippen LogP contribution in [0.5, 0.6) is 0 Å². The molecule has 0 bridgehead atoms. The fourth-order valence-electron chi connectivity index (χ4n) is 1.72. The Bertz CT molecular complexity index is 509. The number of carbonyl (C=O) groups is 2. The molecular weight excluding hydrogens is 313 g/mol. The standard InChI is InChI=1S/C14H19Cl2N3O2/c1-3-6-17-13(20)8-19(2)9-14(21)18-10-4-5-11(15)12(16)7-10/h4-5,7H,3,6,8-9H2,1-2H3,(H,17,20)(H,18,21)/p+1. The van der Waals surface area contributed by atoms with Gasteiger partial charge in [-0.15, -0.1) is 0 Å². The summed E-state index contributed by atoms with van der Waals surface area (Å²) in [5.74, 6) is -0.245. The summed E-state index contributed by atoms with van der Waals surface area (Å²) in [5.41, 5.74) is 0.581. The van der Waals surface area contributed by atoms with E-state index in [9.17, 15) is 9.59 Å². The second-order valence-electron chi connectivity index (χ2n) is 4.84. The number of likely N-dealkylation sites (N-methyl/N-ethyl adjacent to an activating group) is 1. The highest BCUT2D eigenvalue weighted by atomic mass is 35.5. The van der Waals surface area contributed by atoms with E-state index in [2.05, 4.69) is 10.6 Å². The monoisotopic (exact) mass is 332 g/mol.